The van der Waals surface area contributed by atoms with Crippen molar-refractivity contribution >= 4 is 21.6 Å². The van der Waals surface area contributed by atoms with Crippen molar-refractivity contribution < 1.29 is 0 Å². The molecule has 2 aliphatic rings. The number of thiazole rings is 1. The summed E-state index contributed by atoms with van der Waals surface area (Å²) in [5.74, 6) is 0. The first-order valence-corrected chi connectivity index (χ1v) is 5.40. The second kappa shape index (κ2) is 2.79. The molecule has 0 radical (unpaired) electrons. The number of hydrogen-bond acceptors (Lipinski definition) is 2. The van der Waals surface area contributed by atoms with Crippen LogP contribution in [0.5, 0.6) is 0 Å². The highest BCUT2D eigenvalue weighted by molar-refractivity contribution is 7.18. The van der Waals surface area contributed by atoms with Gasteiger partial charge in [0.2, 0.25) is 0 Å². The molecule has 2 heteroatoms. The summed E-state index contributed by atoms with van der Waals surface area (Å²) in [6.45, 7) is 2.05. The molecule has 14 heavy (non-hydrogen) atoms. The summed E-state index contributed by atoms with van der Waals surface area (Å²) in [5, 5.41) is 1.13. The molecule has 1 aromatic rings. The standard InChI is InChI=1S/C12H9NS/c1-8-13-11-6-5-9-3-2-4-10(9)7-12(11)14-8/h2-7H,1H3. The maximum absolute atomic E-state index is 4.47. The van der Waals surface area contributed by atoms with Gasteiger partial charge in [-0.3, -0.25) is 0 Å². The van der Waals surface area contributed by atoms with Gasteiger partial charge >= 0.3 is 0 Å². The van der Waals surface area contributed by atoms with E-state index in [1.807, 2.05) is 6.92 Å². The smallest absolute Gasteiger partial charge is 0.0907 e. The minimum Gasteiger partial charge on any atom is -0.242 e. The number of fused-ring (bicyclic) bond motifs is 2. The molecular formula is C12H9NS. The van der Waals surface area contributed by atoms with Gasteiger partial charge in [-0.1, -0.05) is 24.3 Å². The fourth-order valence-corrected chi connectivity index (χ4v) is 2.59. The molecule has 1 heterocycles. The van der Waals surface area contributed by atoms with Crippen molar-refractivity contribution in [2.75, 3.05) is 0 Å². The highest BCUT2D eigenvalue weighted by atomic mass is 32.1. The molecule has 1 aromatic heterocycles. The van der Waals surface area contributed by atoms with Crippen molar-refractivity contribution in [3.05, 3.63) is 41.4 Å². The van der Waals surface area contributed by atoms with E-state index in [9.17, 15) is 0 Å². The number of nitrogens with zero attached hydrogens (tertiary/aromatic N) is 1. The van der Waals surface area contributed by atoms with Crippen LogP contribution in [0.2, 0.25) is 0 Å². The van der Waals surface area contributed by atoms with E-state index in [0.717, 1.165) is 10.5 Å². The molecule has 0 fully saturated rings. The van der Waals surface area contributed by atoms with Crippen molar-refractivity contribution in [1.29, 1.82) is 0 Å². The number of aromatic nitrogens is 1. The Balaban J connectivity index is 2.46. The Labute approximate surface area is 86.4 Å². The zero-order chi connectivity index (χ0) is 9.54. The van der Waals surface area contributed by atoms with Gasteiger partial charge < -0.3 is 0 Å². The molecular weight excluding hydrogens is 190 g/mol. The maximum atomic E-state index is 4.47. The molecule has 0 saturated heterocycles. The molecule has 2 aliphatic carbocycles. The normalized spacial score (nSPS) is 11.2. The fourth-order valence-electron chi connectivity index (χ4n) is 1.72. The topological polar surface area (TPSA) is 12.9 Å². The lowest BCUT2D eigenvalue weighted by Crippen LogP contribution is -1.63. The Bertz CT molecular complexity index is 568. The van der Waals surface area contributed by atoms with Crippen LogP contribution in [-0.2, 0) is 0 Å². The molecule has 3 rings (SSSR count). The van der Waals surface area contributed by atoms with Gasteiger partial charge in [-0.2, -0.15) is 0 Å². The summed E-state index contributed by atoms with van der Waals surface area (Å²) in [5.41, 5.74) is 3.68. The lowest BCUT2D eigenvalue weighted by atomic mass is 10.2. The van der Waals surface area contributed by atoms with Crippen LogP contribution in [-0.4, -0.2) is 4.98 Å². The molecule has 0 amide bonds. The molecule has 0 saturated carbocycles. The predicted molar refractivity (Wildman–Crippen MR) is 61.0 cm³/mol. The second-order valence-corrected chi connectivity index (χ2v) is 4.63. The zero-order valence-corrected chi connectivity index (χ0v) is 8.64. The Morgan fingerprint density at radius 1 is 1.07 bits per heavy atom. The first-order valence-electron chi connectivity index (χ1n) is 4.59. The van der Waals surface area contributed by atoms with Crippen molar-refractivity contribution in [2.24, 2.45) is 0 Å². The van der Waals surface area contributed by atoms with Gasteiger partial charge in [0.25, 0.3) is 0 Å². The van der Waals surface area contributed by atoms with Crippen LogP contribution in [0.1, 0.15) is 5.01 Å². The van der Waals surface area contributed by atoms with Gasteiger partial charge in [0.15, 0.2) is 0 Å². The summed E-state index contributed by atoms with van der Waals surface area (Å²) < 4.78 is 1.27. The Morgan fingerprint density at radius 2 is 1.93 bits per heavy atom. The molecule has 0 atom stereocenters. The van der Waals surface area contributed by atoms with Crippen molar-refractivity contribution in [3.63, 3.8) is 0 Å². The number of aryl methyl sites for hydroxylation is 1. The van der Waals surface area contributed by atoms with Crippen LogP contribution in [0.3, 0.4) is 0 Å². The third-order valence-corrected chi connectivity index (χ3v) is 3.31. The molecule has 68 valence electrons. The Kier molecular flexibility index (Phi) is 1.58. The van der Waals surface area contributed by atoms with E-state index in [2.05, 4.69) is 41.4 Å². The van der Waals surface area contributed by atoms with E-state index in [0.29, 0.717) is 0 Å². The minimum atomic E-state index is 1.10. The van der Waals surface area contributed by atoms with E-state index in [1.165, 1.54) is 15.8 Å². The quantitative estimate of drug-likeness (QED) is 0.538. The fraction of sp³-hybridized carbons (Fsp3) is 0.0833. The van der Waals surface area contributed by atoms with E-state index < -0.39 is 0 Å². The third kappa shape index (κ3) is 1.11. The molecule has 0 unspecified atom stereocenters. The lowest BCUT2D eigenvalue weighted by Gasteiger charge is -1.87. The monoisotopic (exact) mass is 199 g/mol. The summed E-state index contributed by atoms with van der Waals surface area (Å²) in [7, 11) is 0. The first-order chi connectivity index (χ1) is 6.83. The minimum absolute atomic E-state index is 1.10. The van der Waals surface area contributed by atoms with Crippen LogP contribution in [0.25, 0.3) is 21.3 Å². The Hall–Kier alpha value is -1.41. The largest absolute Gasteiger partial charge is 0.242 e. The highest BCUT2D eigenvalue weighted by Crippen LogP contribution is 2.28. The van der Waals surface area contributed by atoms with Gasteiger partial charge in [-0.25, -0.2) is 4.98 Å². The van der Waals surface area contributed by atoms with Gasteiger partial charge in [-0.15, -0.1) is 11.3 Å². The summed E-state index contributed by atoms with van der Waals surface area (Å²) >= 11 is 1.75. The van der Waals surface area contributed by atoms with Crippen LogP contribution in [0.15, 0.2) is 36.4 Å². The molecule has 0 aliphatic heterocycles. The van der Waals surface area contributed by atoms with Crippen LogP contribution >= 0.6 is 11.3 Å². The van der Waals surface area contributed by atoms with Crippen LogP contribution in [0, 0.1) is 6.92 Å². The van der Waals surface area contributed by atoms with E-state index >= 15 is 0 Å². The van der Waals surface area contributed by atoms with Crippen molar-refractivity contribution in [1.82, 2.24) is 4.98 Å². The maximum Gasteiger partial charge on any atom is 0.0907 e. The SMILES string of the molecule is Cc1nc2ccc3cccc-3cc2s1. The average Bonchev–Trinajstić information content (AvgIpc) is 2.69. The van der Waals surface area contributed by atoms with E-state index in [-0.39, 0.29) is 0 Å². The highest BCUT2D eigenvalue weighted by Gasteiger charge is 2.03. The van der Waals surface area contributed by atoms with Crippen molar-refractivity contribution in [3.8, 4) is 11.1 Å². The summed E-state index contributed by atoms with van der Waals surface area (Å²) in [6.07, 6.45) is 0. The van der Waals surface area contributed by atoms with Gasteiger partial charge in [0.05, 0.1) is 15.2 Å². The predicted octanol–water partition coefficient (Wildman–Crippen LogP) is 3.71. The molecule has 0 spiro atoms. The lowest BCUT2D eigenvalue weighted by molar-refractivity contribution is 1.35. The van der Waals surface area contributed by atoms with Gasteiger partial charge in [0, 0.05) is 0 Å². The second-order valence-electron chi connectivity index (χ2n) is 3.40. The average molecular weight is 199 g/mol. The molecule has 1 nitrogen and oxygen atoms in total. The molecule has 0 N–H and O–H groups in total. The molecule has 0 bridgehead atoms. The van der Waals surface area contributed by atoms with Crippen LogP contribution in [0.4, 0.5) is 0 Å². The summed E-state index contributed by atoms with van der Waals surface area (Å²) in [6, 6.07) is 12.8. The van der Waals surface area contributed by atoms with Crippen LogP contribution < -0.4 is 0 Å². The Morgan fingerprint density at radius 3 is 2.86 bits per heavy atom. The summed E-state index contributed by atoms with van der Waals surface area (Å²) in [4.78, 5) is 4.47. The number of hydrogen-bond donors (Lipinski definition) is 0. The third-order valence-electron chi connectivity index (χ3n) is 2.38. The van der Waals surface area contributed by atoms with Gasteiger partial charge in [-0.05, 0) is 30.2 Å². The molecule has 0 aromatic carbocycles. The van der Waals surface area contributed by atoms with Gasteiger partial charge in [0.1, 0.15) is 0 Å². The first kappa shape index (κ1) is 7.94. The van der Waals surface area contributed by atoms with E-state index in [4.69, 9.17) is 0 Å². The zero-order valence-electron chi connectivity index (χ0n) is 7.82. The van der Waals surface area contributed by atoms with Crippen molar-refractivity contribution in [2.45, 2.75) is 6.92 Å². The number of rotatable bonds is 0. The van der Waals surface area contributed by atoms with E-state index in [1.54, 1.807) is 11.3 Å².